The number of nitrogens with zero attached hydrogens (tertiary/aromatic N) is 2. The second-order valence-electron chi connectivity index (χ2n) is 8.15. The molecule has 2 aromatic rings. The van der Waals surface area contributed by atoms with Crippen LogP contribution in [0.3, 0.4) is 0 Å². The minimum atomic E-state index is 0.00257. The third-order valence-corrected chi connectivity index (χ3v) is 6.90. The standard InChI is InChI=1S/C22H29N3OS/c1-16-6-8-19(9-7-16)23-21(26)12-22-24-20(15-27-22)14-25-11-10-17-4-2-3-5-18(17)13-25/h6-9,15,17-18H,2-5,10-14H2,1H3,(H,23,26)/t17-,18+/m1/s1. The van der Waals surface area contributed by atoms with E-state index in [2.05, 4.69) is 15.6 Å². The highest BCUT2D eigenvalue weighted by Crippen LogP contribution is 2.36. The number of fused-ring (bicyclic) bond motifs is 1. The number of aryl methyl sites for hydroxylation is 1. The van der Waals surface area contributed by atoms with E-state index in [1.165, 1.54) is 50.8 Å². The van der Waals surface area contributed by atoms with E-state index in [-0.39, 0.29) is 5.91 Å². The van der Waals surface area contributed by atoms with Crippen LogP contribution < -0.4 is 5.32 Å². The van der Waals surface area contributed by atoms with Gasteiger partial charge in [0.15, 0.2) is 0 Å². The summed E-state index contributed by atoms with van der Waals surface area (Å²) in [7, 11) is 0. The van der Waals surface area contributed by atoms with Gasteiger partial charge in [0, 0.05) is 24.2 Å². The topological polar surface area (TPSA) is 45.2 Å². The molecule has 5 heteroatoms. The summed E-state index contributed by atoms with van der Waals surface area (Å²) in [6.45, 7) is 5.39. The fourth-order valence-corrected chi connectivity index (χ4v) is 5.31. The van der Waals surface area contributed by atoms with Crippen molar-refractivity contribution in [3.8, 4) is 0 Å². The Morgan fingerprint density at radius 3 is 2.78 bits per heavy atom. The molecule has 0 radical (unpaired) electrons. The predicted octanol–water partition coefficient (Wildman–Crippen LogP) is 4.64. The third-order valence-electron chi connectivity index (χ3n) is 6.01. The minimum absolute atomic E-state index is 0.00257. The van der Waals surface area contributed by atoms with Crippen molar-refractivity contribution < 1.29 is 4.79 Å². The van der Waals surface area contributed by atoms with Gasteiger partial charge < -0.3 is 5.32 Å². The molecule has 1 amide bonds. The molecule has 1 aromatic heterocycles. The molecule has 2 atom stereocenters. The molecule has 2 fully saturated rings. The van der Waals surface area contributed by atoms with Crippen molar-refractivity contribution in [1.29, 1.82) is 0 Å². The highest BCUT2D eigenvalue weighted by atomic mass is 32.1. The number of amides is 1. The van der Waals surface area contributed by atoms with Crippen LogP contribution in [0, 0.1) is 18.8 Å². The van der Waals surface area contributed by atoms with Crippen LogP contribution in [0.4, 0.5) is 5.69 Å². The van der Waals surface area contributed by atoms with Crippen molar-refractivity contribution >= 4 is 22.9 Å². The molecule has 27 heavy (non-hydrogen) atoms. The van der Waals surface area contributed by atoms with E-state index in [1.54, 1.807) is 11.3 Å². The Balaban J connectivity index is 1.28. The summed E-state index contributed by atoms with van der Waals surface area (Å²) in [4.78, 5) is 19.6. The number of carbonyl (C=O) groups excluding carboxylic acids is 1. The molecular weight excluding hydrogens is 354 g/mol. The number of thiazole rings is 1. The molecule has 1 saturated heterocycles. The number of nitrogens with one attached hydrogen (secondary N) is 1. The van der Waals surface area contributed by atoms with E-state index in [4.69, 9.17) is 4.98 Å². The van der Waals surface area contributed by atoms with Crippen LogP contribution in [0.1, 0.15) is 48.4 Å². The maximum atomic E-state index is 12.3. The Labute approximate surface area is 166 Å². The number of hydrogen-bond acceptors (Lipinski definition) is 4. The second-order valence-corrected chi connectivity index (χ2v) is 9.09. The average Bonchev–Trinajstić information content (AvgIpc) is 3.10. The van der Waals surface area contributed by atoms with Crippen molar-refractivity contribution in [2.75, 3.05) is 18.4 Å². The summed E-state index contributed by atoms with van der Waals surface area (Å²) >= 11 is 1.60. The van der Waals surface area contributed by atoms with Gasteiger partial charge in [0.05, 0.1) is 12.1 Å². The number of carbonyl (C=O) groups is 1. The molecule has 1 N–H and O–H groups in total. The van der Waals surface area contributed by atoms with Crippen LogP contribution in [0.25, 0.3) is 0 Å². The highest BCUT2D eigenvalue weighted by molar-refractivity contribution is 7.09. The zero-order valence-electron chi connectivity index (χ0n) is 16.1. The van der Waals surface area contributed by atoms with Gasteiger partial charge in [-0.25, -0.2) is 4.98 Å². The molecular formula is C22H29N3OS. The fraction of sp³-hybridized carbons (Fsp3) is 0.545. The van der Waals surface area contributed by atoms with Gasteiger partial charge in [-0.05, 0) is 50.3 Å². The Kier molecular flexibility index (Phi) is 5.89. The molecule has 0 unspecified atom stereocenters. The van der Waals surface area contributed by atoms with Gasteiger partial charge in [-0.15, -0.1) is 11.3 Å². The van der Waals surface area contributed by atoms with Crippen molar-refractivity contribution in [2.24, 2.45) is 11.8 Å². The zero-order valence-corrected chi connectivity index (χ0v) is 16.9. The van der Waals surface area contributed by atoms with Crippen LogP contribution in [0.5, 0.6) is 0 Å². The number of likely N-dealkylation sites (tertiary alicyclic amines) is 1. The molecule has 1 aliphatic heterocycles. The molecule has 0 bridgehead atoms. The van der Waals surface area contributed by atoms with Crippen molar-refractivity contribution in [1.82, 2.24) is 9.88 Å². The summed E-state index contributed by atoms with van der Waals surface area (Å²) in [6.07, 6.45) is 7.38. The summed E-state index contributed by atoms with van der Waals surface area (Å²) in [6, 6.07) is 7.89. The Hall–Kier alpha value is -1.72. The lowest BCUT2D eigenvalue weighted by Crippen LogP contribution is -2.41. The van der Waals surface area contributed by atoms with Gasteiger partial charge in [0.25, 0.3) is 0 Å². The van der Waals surface area contributed by atoms with Crippen molar-refractivity contribution in [3.05, 3.63) is 45.9 Å². The molecule has 1 aliphatic carbocycles. The number of rotatable bonds is 5. The van der Waals surface area contributed by atoms with Gasteiger partial charge in [0.2, 0.25) is 5.91 Å². The zero-order chi connectivity index (χ0) is 18.6. The highest BCUT2D eigenvalue weighted by Gasteiger charge is 2.31. The summed E-state index contributed by atoms with van der Waals surface area (Å²) < 4.78 is 0. The molecule has 1 saturated carbocycles. The SMILES string of the molecule is Cc1ccc(NC(=O)Cc2nc(CN3CC[C@H]4CCCC[C@H]4C3)cs2)cc1. The molecule has 2 aliphatic rings. The number of piperidine rings is 1. The predicted molar refractivity (Wildman–Crippen MR) is 111 cm³/mol. The van der Waals surface area contributed by atoms with Gasteiger partial charge in [-0.3, -0.25) is 9.69 Å². The Morgan fingerprint density at radius 2 is 1.96 bits per heavy atom. The minimum Gasteiger partial charge on any atom is -0.326 e. The van der Waals surface area contributed by atoms with Crippen molar-refractivity contribution in [2.45, 2.75) is 52.0 Å². The molecule has 1 aromatic carbocycles. The lowest BCUT2D eigenvalue weighted by molar-refractivity contribution is -0.115. The first-order chi connectivity index (χ1) is 13.2. The first-order valence-electron chi connectivity index (χ1n) is 10.2. The Bertz CT molecular complexity index is 770. The largest absolute Gasteiger partial charge is 0.326 e. The Morgan fingerprint density at radius 1 is 1.19 bits per heavy atom. The smallest absolute Gasteiger partial charge is 0.231 e. The van der Waals surface area contributed by atoms with Crippen LogP contribution in [-0.2, 0) is 17.8 Å². The van der Waals surface area contributed by atoms with Crippen LogP contribution in [-0.4, -0.2) is 28.9 Å². The molecule has 144 valence electrons. The van der Waals surface area contributed by atoms with Crippen molar-refractivity contribution in [3.63, 3.8) is 0 Å². The maximum absolute atomic E-state index is 12.3. The number of anilines is 1. The van der Waals surface area contributed by atoms with E-state index in [0.29, 0.717) is 6.42 Å². The van der Waals surface area contributed by atoms with E-state index >= 15 is 0 Å². The van der Waals surface area contributed by atoms with E-state index < -0.39 is 0 Å². The van der Waals surface area contributed by atoms with E-state index in [1.807, 2.05) is 31.2 Å². The molecule has 4 nitrogen and oxygen atoms in total. The van der Waals surface area contributed by atoms with E-state index in [0.717, 1.165) is 34.8 Å². The third kappa shape index (κ3) is 4.96. The second kappa shape index (κ2) is 8.53. The molecule has 4 rings (SSSR count). The van der Waals surface area contributed by atoms with E-state index in [9.17, 15) is 4.79 Å². The number of hydrogen-bond donors (Lipinski definition) is 1. The van der Waals surface area contributed by atoms with Gasteiger partial charge >= 0.3 is 0 Å². The monoisotopic (exact) mass is 383 g/mol. The van der Waals surface area contributed by atoms with Gasteiger partial charge in [-0.2, -0.15) is 0 Å². The molecule has 2 heterocycles. The summed E-state index contributed by atoms with van der Waals surface area (Å²) in [5.74, 6) is 1.86. The fourth-order valence-electron chi connectivity index (χ4n) is 4.53. The first-order valence-corrected chi connectivity index (χ1v) is 11.1. The van der Waals surface area contributed by atoms with Gasteiger partial charge in [0.1, 0.15) is 5.01 Å². The number of aromatic nitrogens is 1. The normalized spacial score (nSPS) is 23.0. The van der Waals surface area contributed by atoms with Gasteiger partial charge in [-0.1, -0.05) is 37.0 Å². The van der Waals surface area contributed by atoms with Crippen LogP contribution >= 0.6 is 11.3 Å². The maximum Gasteiger partial charge on any atom is 0.231 e. The lowest BCUT2D eigenvalue weighted by Gasteiger charge is -2.41. The summed E-state index contributed by atoms with van der Waals surface area (Å²) in [5.41, 5.74) is 3.15. The van der Waals surface area contributed by atoms with Crippen LogP contribution in [0.15, 0.2) is 29.6 Å². The lowest BCUT2D eigenvalue weighted by atomic mass is 9.75. The molecule has 0 spiro atoms. The number of benzene rings is 1. The average molecular weight is 384 g/mol. The summed E-state index contributed by atoms with van der Waals surface area (Å²) in [5, 5.41) is 5.99. The quantitative estimate of drug-likeness (QED) is 0.818. The van der Waals surface area contributed by atoms with Crippen LogP contribution in [0.2, 0.25) is 0 Å². The first kappa shape index (κ1) is 18.6.